The summed E-state index contributed by atoms with van der Waals surface area (Å²) in [5, 5.41) is 11.2. The van der Waals surface area contributed by atoms with Gasteiger partial charge in [-0.2, -0.15) is 4.98 Å². The third-order valence-electron chi connectivity index (χ3n) is 4.21. The minimum atomic E-state index is 0. The van der Waals surface area contributed by atoms with Crippen molar-refractivity contribution in [2.24, 2.45) is 10.4 Å². The number of halogens is 2. The molecular formula is C20H31ClIN5O2. The highest BCUT2D eigenvalue weighted by molar-refractivity contribution is 14.0. The van der Waals surface area contributed by atoms with Crippen molar-refractivity contribution in [2.45, 2.75) is 40.2 Å². The molecule has 7 nitrogen and oxygen atoms in total. The topological polar surface area (TPSA) is 84.6 Å². The van der Waals surface area contributed by atoms with Crippen molar-refractivity contribution in [2.75, 3.05) is 26.7 Å². The van der Waals surface area contributed by atoms with Crippen molar-refractivity contribution in [1.29, 1.82) is 0 Å². The molecule has 1 aromatic heterocycles. The minimum Gasteiger partial charge on any atom is -0.379 e. The van der Waals surface area contributed by atoms with Crippen LogP contribution in [0.15, 0.2) is 33.8 Å². The molecule has 0 aliphatic heterocycles. The summed E-state index contributed by atoms with van der Waals surface area (Å²) in [6, 6.07) is 7.34. The van der Waals surface area contributed by atoms with E-state index in [4.69, 9.17) is 20.9 Å². The number of hydrogen-bond acceptors (Lipinski definition) is 5. The van der Waals surface area contributed by atoms with Crippen LogP contribution in [0.3, 0.4) is 0 Å². The summed E-state index contributed by atoms with van der Waals surface area (Å²) in [4.78, 5) is 9.07. The number of rotatable bonds is 8. The van der Waals surface area contributed by atoms with E-state index < -0.39 is 0 Å². The maximum atomic E-state index is 5.91. The van der Waals surface area contributed by atoms with Crippen LogP contribution in [-0.2, 0) is 11.2 Å². The van der Waals surface area contributed by atoms with Gasteiger partial charge in [0, 0.05) is 37.2 Å². The maximum absolute atomic E-state index is 5.91. The zero-order valence-electron chi connectivity index (χ0n) is 17.7. The number of benzene rings is 1. The number of aromatic nitrogens is 2. The smallest absolute Gasteiger partial charge is 0.228 e. The Kier molecular flexibility index (Phi) is 10.9. The van der Waals surface area contributed by atoms with Gasteiger partial charge >= 0.3 is 0 Å². The highest BCUT2D eigenvalue weighted by atomic mass is 127. The molecule has 2 rings (SSSR count). The van der Waals surface area contributed by atoms with Crippen molar-refractivity contribution in [3.05, 3.63) is 35.2 Å². The summed E-state index contributed by atoms with van der Waals surface area (Å²) < 4.78 is 10.9. The average Bonchev–Trinajstić information content (AvgIpc) is 3.10. The molecule has 9 heteroatoms. The van der Waals surface area contributed by atoms with Crippen LogP contribution < -0.4 is 10.6 Å². The molecule has 2 N–H and O–H groups in total. The lowest BCUT2D eigenvalue weighted by Gasteiger charge is -2.28. The van der Waals surface area contributed by atoms with Crippen molar-refractivity contribution in [3.8, 4) is 11.4 Å². The Balaban J connectivity index is 0.00000420. The Morgan fingerprint density at radius 2 is 1.93 bits per heavy atom. The minimum absolute atomic E-state index is 0. The molecule has 29 heavy (non-hydrogen) atoms. The number of aliphatic imine (C=N–C) groups is 1. The predicted octanol–water partition coefficient (Wildman–Crippen LogP) is 4.17. The fourth-order valence-electron chi connectivity index (χ4n) is 2.58. The van der Waals surface area contributed by atoms with Gasteiger partial charge in [0.15, 0.2) is 5.96 Å². The van der Waals surface area contributed by atoms with Crippen molar-refractivity contribution >= 4 is 41.5 Å². The second-order valence-electron chi connectivity index (χ2n) is 7.51. The second kappa shape index (κ2) is 12.3. The first kappa shape index (κ1) is 25.6. The van der Waals surface area contributed by atoms with Crippen LogP contribution in [0.4, 0.5) is 0 Å². The summed E-state index contributed by atoms with van der Waals surface area (Å²) in [6.07, 6.45) is 0.638. The molecule has 0 radical (unpaired) electrons. The fourth-order valence-corrected chi connectivity index (χ4v) is 2.70. The van der Waals surface area contributed by atoms with E-state index in [-0.39, 0.29) is 35.5 Å². The molecule has 2 aromatic rings. The molecule has 1 aromatic carbocycles. The van der Waals surface area contributed by atoms with Crippen LogP contribution in [0.1, 0.15) is 33.6 Å². The maximum Gasteiger partial charge on any atom is 0.228 e. The monoisotopic (exact) mass is 535 g/mol. The van der Waals surface area contributed by atoms with Gasteiger partial charge in [0.1, 0.15) is 0 Å². The molecule has 0 saturated carbocycles. The van der Waals surface area contributed by atoms with E-state index >= 15 is 0 Å². The van der Waals surface area contributed by atoms with Gasteiger partial charge in [0.2, 0.25) is 11.7 Å². The third-order valence-corrected chi connectivity index (χ3v) is 4.46. The summed E-state index contributed by atoms with van der Waals surface area (Å²) in [5.74, 6) is 1.87. The zero-order valence-corrected chi connectivity index (χ0v) is 20.7. The van der Waals surface area contributed by atoms with Crippen LogP contribution in [0.2, 0.25) is 5.02 Å². The predicted molar refractivity (Wildman–Crippen MR) is 128 cm³/mol. The SMILES string of the molecule is CCNC(=NCC(OC)C(C)(C)C)NCCc1nc(-c2ccc(Cl)cc2)no1.I. The van der Waals surface area contributed by atoms with Gasteiger partial charge in [-0.25, -0.2) is 0 Å². The summed E-state index contributed by atoms with van der Waals surface area (Å²) >= 11 is 5.91. The normalized spacial score (nSPS) is 13.0. The first-order valence-corrected chi connectivity index (χ1v) is 9.84. The van der Waals surface area contributed by atoms with Crippen molar-refractivity contribution in [3.63, 3.8) is 0 Å². The lowest BCUT2D eigenvalue weighted by Crippen LogP contribution is -2.40. The zero-order chi connectivity index (χ0) is 20.6. The van der Waals surface area contributed by atoms with Crippen LogP contribution in [-0.4, -0.2) is 48.9 Å². The molecule has 1 heterocycles. The number of guanidine groups is 1. The van der Waals surface area contributed by atoms with Crippen molar-refractivity contribution in [1.82, 2.24) is 20.8 Å². The molecule has 0 fully saturated rings. The van der Waals surface area contributed by atoms with E-state index in [1.54, 1.807) is 19.2 Å². The second-order valence-corrected chi connectivity index (χ2v) is 7.94. The lowest BCUT2D eigenvalue weighted by molar-refractivity contribution is 0.0241. The van der Waals surface area contributed by atoms with E-state index in [0.29, 0.717) is 36.2 Å². The molecule has 162 valence electrons. The molecule has 1 unspecified atom stereocenters. The molecule has 0 aliphatic rings. The first-order chi connectivity index (χ1) is 13.3. The van der Waals surface area contributed by atoms with E-state index in [1.807, 2.05) is 19.1 Å². The highest BCUT2D eigenvalue weighted by Gasteiger charge is 2.24. The Morgan fingerprint density at radius 3 is 2.52 bits per heavy atom. The Bertz CT molecular complexity index is 759. The van der Waals surface area contributed by atoms with Crippen LogP contribution in [0.25, 0.3) is 11.4 Å². The van der Waals surface area contributed by atoms with Gasteiger partial charge in [-0.05, 0) is 36.6 Å². The Morgan fingerprint density at radius 1 is 1.24 bits per heavy atom. The Labute approximate surface area is 195 Å². The van der Waals surface area contributed by atoms with Gasteiger partial charge in [0.25, 0.3) is 0 Å². The third kappa shape index (κ3) is 8.47. The van der Waals surface area contributed by atoms with Gasteiger partial charge in [-0.15, -0.1) is 24.0 Å². The lowest BCUT2D eigenvalue weighted by atomic mass is 9.89. The largest absolute Gasteiger partial charge is 0.379 e. The fraction of sp³-hybridized carbons (Fsp3) is 0.550. The number of nitrogens with one attached hydrogen (secondary N) is 2. The van der Waals surface area contributed by atoms with Gasteiger partial charge in [-0.1, -0.05) is 37.5 Å². The molecule has 0 aliphatic carbocycles. The Hall–Kier alpha value is -1.39. The van der Waals surface area contributed by atoms with E-state index in [9.17, 15) is 0 Å². The van der Waals surface area contributed by atoms with E-state index in [1.165, 1.54) is 0 Å². The van der Waals surface area contributed by atoms with Gasteiger partial charge in [0.05, 0.1) is 12.6 Å². The quantitative estimate of drug-likeness (QED) is 0.300. The van der Waals surface area contributed by atoms with Crippen LogP contribution >= 0.6 is 35.6 Å². The molecule has 0 saturated heterocycles. The number of ether oxygens (including phenoxy) is 1. The summed E-state index contributed by atoms with van der Waals surface area (Å²) in [5.41, 5.74) is 0.896. The molecule has 0 bridgehead atoms. The number of hydrogen-bond donors (Lipinski definition) is 2. The van der Waals surface area contributed by atoms with E-state index in [2.05, 4.69) is 46.5 Å². The van der Waals surface area contributed by atoms with Gasteiger partial charge in [-0.3, -0.25) is 4.99 Å². The highest BCUT2D eigenvalue weighted by Crippen LogP contribution is 2.22. The van der Waals surface area contributed by atoms with Gasteiger partial charge < -0.3 is 19.9 Å². The number of methoxy groups -OCH3 is 1. The molecular weight excluding hydrogens is 505 g/mol. The first-order valence-electron chi connectivity index (χ1n) is 9.47. The van der Waals surface area contributed by atoms with Crippen molar-refractivity contribution < 1.29 is 9.26 Å². The number of nitrogens with zero attached hydrogens (tertiary/aromatic N) is 3. The summed E-state index contributed by atoms with van der Waals surface area (Å²) in [7, 11) is 1.72. The molecule has 0 amide bonds. The molecule has 0 spiro atoms. The average molecular weight is 536 g/mol. The van der Waals surface area contributed by atoms with E-state index in [0.717, 1.165) is 18.1 Å². The summed E-state index contributed by atoms with van der Waals surface area (Å²) in [6.45, 7) is 10.4. The molecule has 1 atom stereocenters. The standard InChI is InChI=1S/C20H30ClN5O2.HI/c1-6-22-19(24-13-16(27-5)20(2,3)4)23-12-11-17-25-18(26-28-17)14-7-9-15(21)10-8-14;/h7-10,16H,6,11-13H2,1-5H3,(H2,22,23,24);1H. The van der Waals surface area contributed by atoms with Crippen LogP contribution in [0, 0.1) is 5.41 Å². The van der Waals surface area contributed by atoms with Crippen LogP contribution in [0.5, 0.6) is 0 Å².